The smallest absolute Gasteiger partial charge is 0.328 e. The zero-order valence-electron chi connectivity index (χ0n) is 31.3. The summed E-state index contributed by atoms with van der Waals surface area (Å²) < 4.78 is 0. The number of aliphatic imine (C=N–C) groups is 1. The first-order chi connectivity index (χ1) is 26.2. The molecule has 1 rings (SSSR count). The van der Waals surface area contributed by atoms with Crippen molar-refractivity contribution in [1.29, 1.82) is 0 Å². The van der Waals surface area contributed by atoms with E-state index in [9.17, 15) is 58.5 Å². The summed E-state index contributed by atoms with van der Waals surface area (Å²) in [5.74, 6) is -9.89. The molecule has 1 aliphatic heterocycles. The van der Waals surface area contributed by atoms with Crippen LogP contribution in [0.2, 0.25) is 0 Å². The van der Waals surface area contributed by atoms with Gasteiger partial charge < -0.3 is 74.8 Å². The van der Waals surface area contributed by atoms with Crippen molar-refractivity contribution in [1.82, 2.24) is 31.5 Å². The fraction of sp³-hybridized carbons (Fsp3) is 0.688. The SMILES string of the molecule is CC(C)[C@H](NC(=O)[C@@H](N)CCC(=O)O)C(=O)N[C@@H](CO)C(=O)N[C@@H](CCC(N)=O)C(=O)N[C@@H](CCCN=C(N)N)C(=O)N1CCC[C@H]1C(=O)N[C@@H](CO)C(=O)O. The average molecular weight is 802 g/mol. The number of nitrogens with zero attached hydrogens (tertiary/aromatic N) is 2. The molecule has 1 saturated heterocycles. The molecule has 1 heterocycles. The van der Waals surface area contributed by atoms with Crippen molar-refractivity contribution in [3.8, 4) is 0 Å². The molecule has 0 radical (unpaired) electrons. The van der Waals surface area contributed by atoms with E-state index in [1.165, 1.54) is 0 Å². The van der Waals surface area contributed by atoms with Gasteiger partial charge in [-0.1, -0.05) is 13.8 Å². The number of nitrogens with one attached hydrogen (secondary N) is 5. The van der Waals surface area contributed by atoms with Crippen LogP contribution in [0.25, 0.3) is 0 Å². The van der Waals surface area contributed by atoms with Gasteiger partial charge in [0.25, 0.3) is 0 Å². The van der Waals surface area contributed by atoms with Gasteiger partial charge in [-0.2, -0.15) is 0 Å². The Hall–Kier alpha value is -5.62. The van der Waals surface area contributed by atoms with Gasteiger partial charge in [-0.15, -0.1) is 0 Å². The normalized spacial score (nSPS) is 16.9. The second kappa shape index (κ2) is 24.0. The van der Waals surface area contributed by atoms with E-state index in [0.29, 0.717) is 6.42 Å². The van der Waals surface area contributed by atoms with E-state index in [4.69, 9.17) is 28.0 Å². The summed E-state index contributed by atoms with van der Waals surface area (Å²) in [7, 11) is 0. The number of hydrogen-bond donors (Lipinski definition) is 13. The number of amides is 7. The molecule has 0 unspecified atom stereocenters. The van der Waals surface area contributed by atoms with Gasteiger partial charge in [-0.05, 0) is 44.4 Å². The lowest BCUT2D eigenvalue weighted by Gasteiger charge is -2.30. The number of guanidine groups is 1. The minimum atomic E-state index is -1.71. The summed E-state index contributed by atoms with van der Waals surface area (Å²) in [4.78, 5) is 119. The first-order valence-electron chi connectivity index (χ1n) is 17.8. The zero-order valence-corrected chi connectivity index (χ0v) is 31.3. The van der Waals surface area contributed by atoms with Gasteiger partial charge in [0.2, 0.25) is 41.4 Å². The minimum Gasteiger partial charge on any atom is -0.481 e. The molecule has 1 aliphatic rings. The number of carbonyl (C=O) groups is 9. The van der Waals surface area contributed by atoms with Gasteiger partial charge in [-0.3, -0.25) is 43.3 Å². The fourth-order valence-electron chi connectivity index (χ4n) is 5.48. The number of nitrogens with two attached hydrogens (primary N) is 4. The van der Waals surface area contributed by atoms with Crippen LogP contribution in [0.4, 0.5) is 0 Å². The van der Waals surface area contributed by atoms with Gasteiger partial charge in [-0.25, -0.2) is 4.79 Å². The number of carbonyl (C=O) groups excluding carboxylic acids is 7. The Labute approximate surface area is 321 Å². The van der Waals surface area contributed by atoms with Gasteiger partial charge in [0.1, 0.15) is 36.3 Å². The van der Waals surface area contributed by atoms with Crippen molar-refractivity contribution in [3.63, 3.8) is 0 Å². The van der Waals surface area contributed by atoms with Crippen molar-refractivity contribution < 1.29 is 63.6 Å². The van der Waals surface area contributed by atoms with Crippen LogP contribution >= 0.6 is 0 Å². The molecule has 7 amide bonds. The van der Waals surface area contributed by atoms with Crippen LogP contribution in [-0.4, -0.2) is 153 Å². The van der Waals surface area contributed by atoms with Crippen LogP contribution < -0.4 is 49.5 Å². The maximum absolute atomic E-state index is 13.9. The highest BCUT2D eigenvalue weighted by Gasteiger charge is 2.40. The number of aliphatic hydroxyl groups excluding tert-OH is 2. The summed E-state index contributed by atoms with van der Waals surface area (Å²) in [5, 5.41) is 49.1. The quantitative estimate of drug-likeness (QED) is 0.0232. The third-order valence-corrected chi connectivity index (χ3v) is 8.58. The van der Waals surface area contributed by atoms with Gasteiger partial charge in [0.05, 0.1) is 19.3 Å². The lowest BCUT2D eigenvalue weighted by molar-refractivity contribution is -0.145. The molecule has 0 bridgehead atoms. The molecule has 316 valence electrons. The third-order valence-electron chi connectivity index (χ3n) is 8.58. The van der Waals surface area contributed by atoms with E-state index in [-0.39, 0.29) is 44.7 Å². The summed E-state index contributed by atoms with van der Waals surface area (Å²) in [6.45, 7) is 1.26. The molecule has 0 saturated carbocycles. The zero-order chi connectivity index (χ0) is 42.7. The van der Waals surface area contributed by atoms with Crippen molar-refractivity contribution in [2.24, 2.45) is 33.8 Å². The van der Waals surface area contributed by atoms with Crippen LogP contribution in [0.3, 0.4) is 0 Å². The lowest BCUT2D eigenvalue weighted by Crippen LogP contribution is -2.61. The molecule has 0 aromatic heterocycles. The summed E-state index contributed by atoms with van der Waals surface area (Å²) in [5.41, 5.74) is 21.8. The van der Waals surface area contributed by atoms with Crippen LogP contribution in [0.1, 0.15) is 65.2 Å². The van der Waals surface area contributed by atoms with Crippen molar-refractivity contribution in [2.45, 2.75) is 108 Å². The van der Waals surface area contributed by atoms with Crippen molar-refractivity contribution >= 4 is 59.2 Å². The Bertz CT molecular complexity index is 1460. The number of aliphatic hydroxyl groups is 2. The molecule has 56 heavy (non-hydrogen) atoms. The fourth-order valence-corrected chi connectivity index (χ4v) is 5.48. The summed E-state index contributed by atoms with van der Waals surface area (Å²) in [6, 6.07) is -10.0. The molecule has 0 spiro atoms. The van der Waals surface area contributed by atoms with Crippen molar-refractivity contribution in [2.75, 3.05) is 26.3 Å². The molecule has 0 aromatic rings. The molecule has 0 aromatic carbocycles. The van der Waals surface area contributed by atoms with Crippen LogP contribution in [0.15, 0.2) is 4.99 Å². The maximum atomic E-state index is 13.9. The number of carboxylic acid groups (broad SMARTS) is 2. The largest absolute Gasteiger partial charge is 0.481 e. The minimum absolute atomic E-state index is 0.0223. The van der Waals surface area contributed by atoms with E-state index in [1.54, 1.807) is 13.8 Å². The Morgan fingerprint density at radius 2 is 1.32 bits per heavy atom. The maximum Gasteiger partial charge on any atom is 0.328 e. The van der Waals surface area contributed by atoms with Gasteiger partial charge >= 0.3 is 11.9 Å². The Morgan fingerprint density at radius 3 is 1.86 bits per heavy atom. The lowest BCUT2D eigenvalue weighted by atomic mass is 10.0. The van der Waals surface area contributed by atoms with E-state index in [1.807, 2.05) is 0 Å². The molecule has 17 N–H and O–H groups in total. The van der Waals surface area contributed by atoms with E-state index >= 15 is 0 Å². The van der Waals surface area contributed by atoms with E-state index in [0.717, 1.165) is 4.90 Å². The molecule has 24 nitrogen and oxygen atoms in total. The van der Waals surface area contributed by atoms with Crippen LogP contribution in [-0.2, 0) is 43.2 Å². The molecule has 1 fully saturated rings. The predicted octanol–water partition coefficient (Wildman–Crippen LogP) is -6.36. The highest BCUT2D eigenvalue weighted by atomic mass is 16.4. The topological polar surface area (TPSA) is 414 Å². The standard InChI is InChI=1S/C32H55N11O13/c1-15(2)24(42-25(49)16(33)7-10-23(47)48)29(53)40-19(13-44)27(51)38-17(8-9-22(34)46)26(50)39-18(5-3-11-37-32(35)36)30(54)43-12-4-6-21(43)28(52)41-20(14-45)31(55)56/h15-21,24,44-45H,3-14,33H2,1-2H3,(H2,34,46)(H,38,51)(H,39,50)(H,40,53)(H,41,52)(H,42,49)(H,47,48)(H,55,56)(H4,35,36,37)/t16-,17-,18-,19-,20-,21-,24-/m0/s1. The number of hydrogen-bond acceptors (Lipinski definition) is 13. The van der Waals surface area contributed by atoms with Crippen LogP contribution in [0.5, 0.6) is 0 Å². The highest BCUT2D eigenvalue weighted by Crippen LogP contribution is 2.20. The Morgan fingerprint density at radius 1 is 0.732 bits per heavy atom. The van der Waals surface area contributed by atoms with E-state index in [2.05, 4.69) is 31.6 Å². The third kappa shape index (κ3) is 16.4. The van der Waals surface area contributed by atoms with Crippen molar-refractivity contribution in [3.05, 3.63) is 0 Å². The summed E-state index contributed by atoms with van der Waals surface area (Å²) in [6.07, 6.45) is -0.987. The molecule has 24 heteroatoms. The average Bonchev–Trinajstić information content (AvgIpc) is 3.62. The number of aliphatic carboxylic acids is 2. The Balaban J connectivity index is 3.27. The second-order valence-corrected chi connectivity index (χ2v) is 13.4. The van der Waals surface area contributed by atoms with E-state index < -0.39 is 134 Å². The number of primary amides is 1. The molecule has 0 aliphatic carbocycles. The van der Waals surface area contributed by atoms with Gasteiger partial charge in [0.15, 0.2) is 5.96 Å². The first-order valence-corrected chi connectivity index (χ1v) is 17.8. The molecular weight excluding hydrogens is 746 g/mol. The number of carboxylic acids is 2. The molecule has 7 atom stereocenters. The Kier molecular flexibility index (Phi) is 20.8. The summed E-state index contributed by atoms with van der Waals surface area (Å²) >= 11 is 0. The first kappa shape index (κ1) is 48.4. The molecular formula is C32H55N11O13. The second-order valence-electron chi connectivity index (χ2n) is 13.4. The highest BCUT2D eigenvalue weighted by molar-refractivity contribution is 5.97. The van der Waals surface area contributed by atoms with Gasteiger partial charge in [0, 0.05) is 25.9 Å². The monoisotopic (exact) mass is 801 g/mol. The number of likely N-dealkylation sites (tertiary alicyclic amines) is 1. The number of rotatable bonds is 25. The predicted molar refractivity (Wildman–Crippen MR) is 194 cm³/mol. The van der Waals surface area contributed by atoms with Crippen LogP contribution in [0, 0.1) is 5.92 Å².